The van der Waals surface area contributed by atoms with Crippen molar-refractivity contribution in [2.24, 2.45) is 0 Å². The summed E-state index contributed by atoms with van der Waals surface area (Å²) in [6.45, 7) is 3.09. The molecule has 0 saturated carbocycles. The zero-order chi connectivity index (χ0) is 13.1. The molecule has 102 valence electrons. The van der Waals surface area contributed by atoms with Gasteiger partial charge in [-0.3, -0.25) is 9.69 Å². The zero-order valence-corrected chi connectivity index (χ0v) is 10.3. The number of hydrogen-bond acceptors (Lipinski definition) is 6. The third-order valence-corrected chi connectivity index (χ3v) is 2.37. The fourth-order valence-electron chi connectivity index (χ4n) is 1.25. The first kappa shape index (κ1) is 16.3. The van der Waals surface area contributed by atoms with Gasteiger partial charge in [0.1, 0.15) is 6.61 Å². The van der Waals surface area contributed by atoms with Gasteiger partial charge in [-0.1, -0.05) is 6.92 Å². The van der Waals surface area contributed by atoms with E-state index in [-0.39, 0.29) is 32.2 Å². The molecule has 0 radical (unpaired) electrons. The van der Waals surface area contributed by atoms with Gasteiger partial charge in [0, 0.05) is 19.6 Å². The van der Waals surface area contributed by atoms with Crippen molar-refractivity contribution in [2.45, 2.75) is 25.9 Å². The largest absolute Gasteiger partial charge is 0.463 e. The third-order valence-electron chi connectivity index (χ3n) is 2.37. The molecular weight excluding hydrogens is 226 g/mol. The van der Waals surface area contributed by atoms with Crippen LogP contribution in [-0.2, 0) is 9.53 Å². The highest BCUT2D eigenvalue weighted by Gasteiger charge is 2.10. The van der Waals surface area contributed by atoms with E-state index in [1.165, 1.54) is 0 Å². The molecule has 0 aromatic rings. The van der Waals surface area contributed by atoms with Crippen LogP contribution in [0.1, 0.15) is 19.8 Å². The van der Waals surface area contributed by atoms with Crippen molar-refractivity contribution < 1.29 is 24.9 Å². The topological polar surface area (TPSA) is 90.2 Å². The van der Waals surface area contributed by atoms with Gasteiger partial charge in [0.15, 0.2) is 0 Å². The second-order valence-corrected chi connectivity index (χ2v) is 3.78. The van der Waals surface area contributed by atoms with Crippen LogP contribution in [0.25, 0.3) is 0 Å². The second kappa shape index (κ2) is 10.5. The minimum atomic E-state index is -0.607. The number of esters is 1. The number of aliphatic hydroxyl groups is 3. The van der Waals surface area contributed by atoms with Crippen molar-refractivity contribution in [3.05, 3.63) is 0 Å². The summed E-state index contributed by atoms with van der Waals surface area (Å²) >= 11 is 0. The molecule has 0 bridgehead atoms. The van der Waals surface area contributed by atoms with E-state index in [1.807, 2.05) is 6.92 Å². The van der Waals surface area contributed by atoms with E-state index in [0.717, 1.165) is 0 Å². The number of carbonyl (C=O) groups excluding carboxylic acids is 1. The van der Waals surface area contributed by atoms with Crippen molar-refractivity contribution in [2.75, 3.05) is 39.5 Å². The van der Waals surface area contributed by atoms with E-state index >= 15 is 0 Å². The van der Waals surface area contributed by atoms with E-state index in [9.17, 15) is 9.90 Å². The van der Waals surface area contributed by atoms with Crippen molar-refractivity contribution in [1.29, 1.82) is 0 Å². The minimum absolute atomic E-state index is 0.0103. The van der Waals surface area contributed by atoms with Crippen molar-refractivity contribution in [3.8, 4) is 0 Å². The lowest BCUT2D eigenvalue weighted by Crippen LogP contribution is -2.32. The number of ether oxygens (including phenoxy) is 1. The predicted molar refractivity (Wildman–Crippen MR) is 62.5 cm³/mol. The quantitative estimate of drug-likeness (QED) is 0.429. The summed E-state index contributed by atoms with van der Waals surface area (Å²) in [5, 5.41) is 26.7. The van der Waals surface area contributed by atoms with Gasteiger partial charge in [-0.15, -0.1) is 0 Å². The third kappa shape index (κ3) is 9.05. The van der Waals surface area contributed by atoms with Gasteiger partial charge >= 0.3 is 5.97 Å². The van der Waals surface area contributed by atoms with E-state index in [0.29, 0.717) is 26.1 Å². The zero-order valence-electron chi connectivity index (χ0n) is 10.3. The Hall–Kier alpha value is -0.690. The predicted octanol–water partition coefficient (Wildman–Crippen LogP) is -1.02. The molecular formula is C11H23NO5. The smallest absolute Gasteiger partial charge is 0.307 e. The molecule has 0 aliphatic rings. The Morgan fingerprint density at radius 1 is 1.24 bits per heavy atom. The highest BCUT2D eigenvalue weighted by Crippen LogP contribution is 1.96. The maximum Gasteiger partial charge on any atom is 0.307 e. The molecule has 0 aromatic carbocycles. The van der Waals surface area contributed by atoms with E-state index in [1.54, 1.807) is 4.90 Å². The Labute approximate surface area is 102 Å². The maximum atomic E-state index is 11.3. The van der Waals surface area contributed by atoms with Crippen LogP contribution >= 0.6 is 0 Å². The summed E-state index contributed by atoms with van der Waals surface area (Å²) in [6.07, 6.45) is 0.134. The molecule has 0 aliphatic heterocycles. The average Bonchev–Trinajstić information content (AvgIpc) is 2.33. The molecule has 0 aliphatic carbocycles. The maximum absolute atomic E-state index is 11.3. The van der Waals surface area contributed by atoms with Crippen LogP contribution in [0, 0.1) is 0 Å². The van der Waals surface area contributed by atoms with Gasteiger partial charge in [-0.2, -0.15) is 0 Å². The summed E-state index contributed by atoms with van der Waals surface area (Å²) in [5.41, 5.74) is 0. The highest BCUT2D eigenvalue weighted by atomic mass is 16.5. The molecule has 1 atom stereocenters. The molecule has 6 heteroatoms. The van der Waals surface area contributed by atoms with Gasteiger partial charge in [-0.05, 0) is 6.42 Å². The van der Waals surface area contributed by atoms with Gasteiger partial charge in [0.2, 0.25) is 0 Å². The van der Waals surface area contributed by atoms with Crippen LogP contribution in [0.4, 0.5) is 0 Å². The first-order valence-corrected chi connectivity index (χ1v) is 5.91. The fraction of sp³-hybridized carbons (Fsp3) is 0.909. The molecule has 0 spiro atoms. The standard InChI is InChI=1S/C11H23NO5/c1-2-10(15)9-17-11(16)3-4-12(5-7-13)6-8-14/h10,13-15H,2-9H2,1H3. The van der Waals surface area contributed by atoms with Crippen molar-refractivity contribution in [1.82, 2.24) is 4.90 Å². The molecule has 0 aromatic heterocycles. The molecule has 0 saturated heterocycles. The highest BCUT2D eigenvalue weighted by molar-refractivity contribution is 5.69. The number of nitrogens with zero attached hydrogens (tertiary/aromatic N) is 1. The molecule has 3 N–H and O–H groups in total. The Morgan fingerprint density at radius 2 is 1.82 bits per heavy atom. The lowest BCUT2D eigenvalue weighted by molar-refractivity contribution is -0.147. The van der Waals surface area contributed by atoms with E-state index in [4.69, 9.17) is 14.9 Å². The normalized spacial score (nSPS) is 12.8. The summed E-state index contributed by atoms with van der Waals surface area (Å²) in [7, 11) is 0. The van der Waals surface area contributed by atoms with Crippen LogP contribution in [-0.4, -0.2) is 71.7 Å². The first-order valence-electron chi connectivity index (χ1n) is 5.91. The molecule has 0 heterocycles. The summed E-state index contributed by atoms with van der Waals surface area (Å²) in [6, 6.07) is 0. The van der Waals surface area contributed by atoms with Gasteiger partial charge in [0.05, 0.1) is 25.7 Å². The number of carbonyl (C=O) groups is 1. The number of hydrogen-bond donors (Lipinski definition) is 3. The lowest BCUT2D eigenvalue weighted by atomic mass is 10.3. The van der Waals surface area contributed by atoms with Gasteiger partial charge < -0.3 is 20.1 Å². The summed E-state index contributed by atoms with van der Waals surface area (Å²) in [5.74, 6) is -0.377. The SMILES string of the molecule is CCC(O)COC(=O)CCN(CCO)CCO. The van der Waals surface area contributed by atoms with Crippen LogP contribution in [0.3, 0.4) is 0 Å². The average molecular weight is 249 g/mol. The van der Waals surface area contributed by atoms with Crippen LogP contribution < -0.4 is 0 Å². The number of aliphatic hydroxyl groups excluding tert-OH is 3. The van der Waals surface area contributed by atoms with Crippen LogP contribution in [0.2, 0.25) is 0 Å². The Morgan fingerprint density at radius 3 is 2.29 bits per heavy atom. The van der Waals surface area contributed by atoms with Crippen LogP contribution in [0.15, 0.2) is 0 Å². The molecule has 6 nitrogen and oxygen atoms in total. The second-order valence-electron chi connectivity index (χ2n) is 3.78. The Balaban J connectivity index is 3.71. The van der Waals surface area contributed by atoms with Gasteiger partial charge in [-0.25, -0.2) is 0 Å². The lowest BCUT2D eigenvalue weighted by Gasteiger charge is -2.19. The van der Waals surface area contributed by atoms with E-state index < -0.39 is 6.10 Å². The Bertz CT molecular complexity index is 194. The summed E-state index contributed by atoms with van der Waals surface area (Å²) in [4.78, 5) is 13.1. The summed E-state index contributed by atoms with van der Waals surface area (Å²) < 4.78 is 4.86. The monoisotopic (exact) mass is 249 g/mol. The van der Waals surface area contributed by atoms with Gasteiger partial charge in [0.25, 0.3) is 0 Å². The molecule has 0 amide bonds. The minimum Gasteiger partial charge on any atom is -0.463 e. The van der Waals surface area contributed by atoms with E-state index in [2.05, 4.69) is 0 Å². The van der Waals surface area contributed by atoms with Crippen molar-refractivity contribution in [3.63, 3.8) is 0 Å². The Kier molecular flexibility index (Phi) is 10.0. The molecule has 1 unspecified atom stereocenters. The van der Waals surface area contributed by atoms with Crippen LogP contribution in [0.5, 0.6) is 0 Å². The molecule has 17 heavy (non-hydrogen) atoms. The van der Waals surface area contributed by atoms with Crippen molar-refractivity contribution >= 4 is 5.97 Å². The molecule has 0 fully saturated rings. The first-order chi connectivity index (χ1) is 8.13. The molecule has 0 rings (SSSR count). The fourth-order valence-corrected chi connectivity index (χ4v) is 1.25. The number of rotatable bonds is 10.